The first-order chi connectivity index (χ1) is 7.68. The summed E-state index contributed by atoms with van der Waals surface area (Å²) in [5.74, 6) is 0.0832. The van der Waals surface area contributed by atoms with E-state index >= 15 is 0 Å². The Balaban J connectivity index is 2.08. The van der Waals surface area contributed by atoms with Gasteiger partial charge in [0.1, 0.15) is 6.10 Å². The second kappa shape index (κ2) is 4.66. The first-order valence-corrected chi connectivity index (χ1v) is 5.70. The van der Waals surface area contributed by atoms with Crippen molar-refractivity contribution < 1.29 is 9.53 Å². The molecule has 1 atom stereocenters. The third kappa shape index (κ3) is 2.25. The summed E-state index contributed by atoms with van der Waals surface area (Å²) in [6.45, 7) is 4.66. The number of nitrogens with zero attached hydrogens (tertiary/aromatic N) is 1. The van der Waals surface area contributed by atoms with Gasteiger partial charge in [0, 0.05) is 18.7 Å². The van der Waals surface area contributed by atoms with E-state index in [9.17, 15) is 4.79 Å². The van der Waals surface area contributed by atoms with Gasteiger partial charge in [-0.05, 0) is 26.0 Å². The van der Waals surface area contributed by atoms with Crippen molar-refractivity contribution in [3.05, 3.63) is 30.3 Å². The van der Waals surface area contributed by atoms with Gasteiger partial charge < -0.3 is 9.64 Å². The number of benzene rings is 1. The van der Waals surface area contributed by atoms with Crippen LogP contribution in [-0.2, 0) is 9.53 Å². The average molecular weight is 219 g/mol. The van der Waals surface area contributed by atoms with E-state index in [4.69, 9.17) is 4.74 Å². The lowest BCUT2D eigenvalue weighted by Gasteiger charge is -2.17. The maximum Gasteiger partial charge on any atom is 0.256 e. The molecule has 1 aromatic carbocycles. The van der Waals surface area contributed by atoms with Crippen LogP contribution in [0.2, 0.25) is 0 Å². The van der Waals surface area contributed by atoms with Crippen molar-refractivity contribution in [2.75, 3.05) is 11.4 Å². The molecule has 16 heavy (non-hydrogen) atoms. The van der Waals surface area contributed by atoms with Gasteiger partial charge in [-0.2, -0.15) is 0 Å². The van der Waals surface area contributed by atoms with Crippen molar-refractivity contribution in [1.82, 2.24) is 0 Å². The van der Waals surface area contributed by atoms with Gasteiger partial charge in [0.05, 0.1) is 6.10 Å². The van der Waals surface area contributed by atoms with E-state index < -0.39 is 0 Å². The van der Waals surface area contributed by atoms with Crippen molar-refractivity contribution >= 4 is 11.6 Å². The van der Waals surface area contributed by atoms with E-state index in [2.05, 4.69) is 0 Å². The standard InChI is InChI=1S/C13H17NO2/c1-10(2)16-12-8-9-14(13(12)15)11-6-4-3-5-7-11/h3-7,10,12H,8-9H2,1-2H3. The molecule has 2 rings (SSSR count). The Hall–Kier alpha value is -1.35. The Kier molecular flexibility index (Phi) is 3.25. The van der Waals surface area contributed by atoms with Gasteiger partial charge >= 0.3 is 0 Å². The van der Waals surface area contributed by atoms with E-state index in [0.717, 1.165) is 18.7 Å². The summed E-state index contributed by atoms with van der Waals surface area (Å²) in [5.41, 5.74) is 0.961. The van der Waals surface area contributed by atoms with Crippen molar-refractivity contribution in [1.29, 1.82) is 0 Å². The molecule has 1 fully saturated rings. The van der Waals surface area contributed by atoms with Crippen molar-refractivity contribution in [2.45, 2.75) is 32.5 Å². The maximum absolute atomic E-state index is 12.0. The molecule has 86 valence electrons. The molecule has 1 aromatic rings. The van der Waals surface area contributed by atoms with E-state index in [0.29, 0.717) is 0 Å². The maximum atomic E-state index is 12.0. The zero-order valence-corrected chi connectivity index (χ0v) is 9.72. The number of carbonyl (C=O) groups is 1. The van der Waals surface area contributed by atoms with Crippen molar-refractivity contribution in [2.24, 2.45) is 0 Å². The number of hydrogen-bond donors (Lipinski definition) is 0. The smallest absolute Gasteiger partial charge is 0.256 e. The van der Waals surface area contributed by atoms with Gasteiger partial charge in [0.2, 0.25) is 0 Å². The van der Waals surface area contributed by atoms with Crippen LogP contribution in [0.4, 0.5) is 5.69 Å². The summed E-state index contributed by atoms with van der Waals surface area (Å²) in [5, 5.41) is 0. The van der Waals surface area contributed by atoms with Gasteiger partial charge in [-0.15, -0.1) is 0 Å². The van der Waals surface area contributed by atoms with Crippen LogP contribution in [0.3, 0.4) is 0 Å². The predicted molar refractivity (Wildman–Crippen MR) is 63.4 cm³/mol. The quantitative estimate of drug-likeness (QED) is 0.780. The number of rotatable bonds is 3. The Labute approximate surface area is 96.0 Å². The largest absolute Gasteiger partial charge is 0.366 e. The minimum absolute atomic E-state index is 0.0832. The lowest BCUT2D eigenvalue weighted by atomic mass is 10.3. The van der Waals surface area contributed by atoms with Gasteiger partial charge in [-0.25, -0.2) is 0 Å². The van der Waals surface area contributed by atoms with Gasteiger partial charge in [0.15, 0.2) is 0 Å². The molecule has 0 bridgehead atoms. The third-order valence-corrected chi connectivity index (χ3v) is 2.66. The van der Waals surface area contributed by atoms with Crippen molar-refractivity contribution in [3.8, 4) is 0 Å². The number of anilines is 1. The molecule has 3 nitrogen and oxygen atoms in total. The highest BCUT2D eigenvalue weighted by atomic mass is 16.5. The molecule has 0 aromatic heterocycles. The Bertz CT molecular complexity index is 361. The Morgan fingerprint density at radius 1 is 1.31 bits per heavy atom. The molecule has 1 aliphatic rings. The molecule has 1 unspecified atom stereocenters. The first-order valence-electron chi connectivity index (χ1n) is 5.70. The van der Waals surface area contributed by atoms with Gasteiger partial charge in [-0.1, -0.05) is 18.2 Å². The summed E-state index contributed by atoms with van der Waals surface area (Å²) in [6, 6.07) is 9.75. The van der Waals surface area contributed by atoms with Crippen LogP contribution in [0.5, 0.6) is 0 Å². The molecule has 1 aliphatic heterocycles. The zero-order valence-electron chi connectivity index (χ0n) is 9.72. The highest BCUT2D eigenvalue weighted by Crippen LogP contribution is 2.23. The number of ether oxygens (including phenoxy) is 1. The summed E-state index contributed by atoms with van der Waals surface area (Å²) in [4.78, 5) is 13.8. The molecule has 0 N–H and O–H groups in total. The van der Waals surface area contributed by atoms with E-state index in [-0.39, 0.29) is 18.1 Å². The summed E-state index contributed by atoms with van der Waals surface area (Å²) < 4.78 is 5.58. The van der Waals surface area contributed by atoms with Crippen LogP contribution in [0.1, 0.15) is 20.3 Å². The molecule has 0 saturated carbocycles. The van der Waals surface area contributed by atoms with Crippen LogP contribution >= 0.6 is 0 Å². The minimum atomic E-state index is -0.264. The molecule has 0 spiro atoms. The molecule has 1 saturated heterocycles. The molecule has 3 heteroatoms. The lowest BCUT2D eigenvalue weighted by Crippen LogP contribution is -2.31. The first kappa shape index (κ1) is 11.1. The summed E-state index contributed by atoms with van der Waals surface area (Å²) >= 11 is 0. The number of amides is 1. The van der Waals surface area contributed by atoms with Gasteiger partial charge in [0.25, 0.3) is 5.91 Å². The number of hydrogen-bond acceptors (Lipinski definition) is 2. The number of para-hydroxylation sites is 1. The van der Waals surface area contributed by atoms with E-state index in [1.54, 1.807) is 4.90 Å². The topological polar surface area (TPSA) is 29.5 Å². The van der Waals surface area contributed by atoms with E-state index in [1.807, 2.05) is 44.2 Å². The van der Waals surface area contributed by atoms with Gasteiger partial charge in [-0.3, -0.25) is 4.79 Å². The second-order valence-corrected chi connectivity index (χ2v) is 4.29. The third-order valence-electron chi connectivity index (χ3n) is 2.66. The molecular formula is C13H17NO2. The van der Waals surface area contributed by atoms with Crippen LogP contribution in [0.25, 0.3) is 0 Å². The SMILES string of the molecule is CC(C)OC1CCN(c2ccccc2)C1=O. The fourth-order valence-corrected chi connectivity index (χ4v) is 1.97. The Morgan fingerprint density at radius 2 is 2.00 bits per heavy atom. The van der Waals surface area contributed by atoms with Crippen molar-refractivity contribution in [3.63, 3.8) is 0 Å². The Morgan fingerprint density at radius 3 is 2.62 bits per heavy atom. The van der Waals surface area contributed by atoms with Crippen LogP contribution in [0.15, 0.2) is 30.3 Å². The molecule has 0 aliphatic carbocycles. The fourth-order valence-electron chi connectivity index (χ4n) is 1.97. The lowest BCUT2D eigenvalue weighted by molar-refractivity contribution is -0.129. The van der Waals surface area contributed by atoms with Crippen LogP contribution < -0.4 is 4.90 Å². The molecular weight excluding hydrogens is 202 g/mol. The number of carbonyl (C=O) groups excluding carboxylic acids is 1. The fraction of sp³-hybridized carbons (Fsp3) is 0.462. The predicted octanol–water partition coefficient (Wildman–Crippen LogP) is 2.22. The normalized spacial score (nSPS) is 20.8. The minimum Gasteiger partial charge on any atom is -0.366 e. The molecule has 0 radical (unpaired) electrons. The molecule has 1 amide bonds. The summed E-state index contributed by atoms with van der Waals surface area (Å²) in [6.07, 6.45) is 0.621. The molecule has 1 heterocycles. The second-order valence-electron chi connectivity index (χ2n) is 4.29. The average Bonchev–Trinajstić information content (AvgIpc) is 2.61. The zero-order chi connectivity index (χ0) is 11.5. The van der Waals surface area contributed by atoms with Crippen LogP contribution in [-0.4, -0.2) is 24.7 Å². The highest BCUT2D eigenvalue weighted by molar-refractivity contribution is 5.98. The van der Waals surface area contributed by atoms with E-state index in [1.165, 1.54) is 0 Å². The summed E-state index contributed by atoms with van der Waals surface area (Å²) in [7, 11) is 0. The highest BCUT2D eigenvalue weighted by Gasteiger charge is 2.33. The monoisotopic (exact) mass is 219 g/mol. The van der Waals surface area contributed by atoms with Crippen LogP contribution in [0, 0.1) is 0 Å².